The lowest BCUT2D eigenvalue weighted by Gasteiger charge is -2.32. The Balaban J connectivity index is 0.00000338. The second-order valence-electron chi connectivity index (χ2n) is 6.09. The maximum atomic E-state index is 12.8. The van der Waals surface area contributed by atoms with Crippen LogP contribution in [0.15, 0.2) is 24.3 Å². The lowest BCUT2D eigenvalue weighted by atomic mass is 9.96. The van der Waals surface area contributed by atoms with Crippen molar-refractivity contribution in [2.75, 3.05) is 37.2 Å². The predicted octanol–water partition coefficient (Wildman–Crippen LogP) is 0.407. The van der Waals surface area contributed by atoms with Crippen molar-refractivity contribution in [3.05, 3.63) is 29.8 Å². The van der Waals surface area contributed by atoms with Crippen molar-refractivity contribution in [1.82, 2.24) is 10.2 Å². The van der Waals surface area contributed by atoms with Crippen molar-refractivity contribution < 1.29 is 18.0 Å². The van der Waals surface area contributed by atoms with E-state index in [1.165, 1.54) is 0 Å². The Morgan fingerprint density at radius 3 is 2.65 bits per heavy atom. The lowest BCUT2D eigenvalue weighted by molar-refractivity contribution is -0.126. The fraction of sp³-hybridized carbons (Fsp3) is 0.500. The minimum Gasteiger partial charge on any atom is -0.355 e. The quantitative estimate of drug-likeness (QED) is 0.633. The van der Waals surface area contributed by atoms with Gasteiger partial charge in [-0.05, 0) is 25.0 Å². The molecule has 2 rings (SSSR count). The standard InChI is InChI=1S/C16H24N4O4S.ClH/c1-25(23,24)19-14-7-3-2-6-13(14)16(22)20-10-4-5-12(11-20)15(21)18-9-8-17;/h2-3,6-7,12,19H,4-5,8-11,17H2,1H3,(H,18,21);1H. The van der Waals surface area contributed by atoms with E-state index in [0.717, 1.165) is 6.26 Å². The number of hydrogen-bond donors (Lipinski definition) is 3. The largest absolute Gasteiger partial charge is 0.355 e. The second-order valence-corrected chi connectivity index (χ2v) is 7.84. The highest BCUT2D eigenvalue weighted by atomic mass is 35.5. The topological polar surface area (TPSA) is 122 Å². The molecule has 1 saturated heterocycles. The molecule has 1 aromatic carbocycles. The fourth-order valence-corrected chi connectivity index (χ4v) is 3.42. The number of likely N-dealkylation sites (tertiary alicyclic amines) is 1. The van der Waals surface area contributed by atoms with Gasteiger partial charge in [-0.15, -0.1) is 12.4 Å². The molecule has 0 radical (unpaired) electrons. The van der Waals surface area contributed by atoms with Crippen molar-refractivity contribution in [2.24, 2.45) is 11.7 Å². The summed E-state index contributed by atoms with van der Waals surface area (Å²) in [6.45, 7) is 1.62. The van der Waals surface area contributed by atoms with E-state index in [2.05, 4.69) is 10.0 Å². The summed E-state index contributed by atoms with van der Waals surface area (Å²) in [4.78, 5) is 26.5. The SMILES string of the molecule is CS(=O)(=O)Nc1ccccc1C(=O)N1CCCC(C(=O)NCCN)C1.Cl. The number of nitrogens with two attached hydrogens (primary N) is 1. The number of amides is 2. The number of anilines is 1. The van der Waals surface area contributed by atoms with Crippen molar-refractivity contribution in [2.45, 2.75) is 12.8 Å². The molecule has 26 heavy (non-hydrogen) atoms. The number of sulfonamides is 1. The molecule has 10 heteroatoms. The van der Waals surface area contributed by atoms with Gasteiger partial charge in [0.2, 0.25) is 15.9 Å². The van der Waals surface area contributed by atoms with E-state index >= 15 is 0 Å². The number of carbonyl (C=O) groups is 2. The number of nitrogens with one attached hydrogen (secondary N) is 2. The molecule has 1 aliphatic heterocycles. The highest BCUT2D eigenvalue weighted by Gasteiger charge is 2.29. The van der Waals surface area contributed by atoms with Gasteiger partial charge in [-0.3, -0.25) is 14.3 Å². The average molecular weight is 405 g/mol. The number of rotatable bonds is 6. The van der Waals surface area contributed by atoms with Crippen molar-refractivity contribution in [1.29, 1.82) is 0 Å². The van der Waals surface area contributed by atoms with Crippen LogP contribution in [-0.4, -0.2) is 57.6 Å². The molecule has 146 valence electrons. The minimum atomic E-state index is -3.50. The van der Waals surface area contributed by atoms with Gasteiger partial charge in [0.05, 0.1) is 23.4 Å². The van der Waals surface area contributed by atoms with Crippen LogP contribution in [0.2, 0.25) is 0 Å². The summed E-state index contributed by atoms with van der Waals surface area (Å²) in [6, 6.07) is 6.46. The van der Waals surface area contributed by atoms with Gasteiger partial charge in [0.15, 0.2) is 0 Å². The summed E-state index contributed by atoms with van der Waals surface area (Å²) in [7, 11) is -3.50. The van der Waals surface area contributed by atoms with Gasteiger partial charge in [0, 0.05) is 26.2 Å². The number of benzene rings is 1. The molecule has 0 saturated carbocycles. The predicted molar refractivity (Wildman–Crippen MR) is 103 cm³/mol. The van der Waals surface area contributed by atoms with Gasteiger partial charge in [0.1, 0.15) is 0 Å². The molecule has 1 atom stereocenters. The summed E-state index contributed by atoms with van der Waals surface area (Å²) in [5.74, 6) is -0.673. The molecular formula is C16H25ClN4O4S. The van der Waals surface area contributed by atoms with E-state index in [1.807, 2.05) is 0 Å². The summed E-state index contributed by atoms with van der Waals surface area (Å²) >= 11 is 0. The van der Waals surface area contributed by atoms with Crippen LogP contribution in [0, 0.1) is 5.92 Å². The molecule has 0 aliphatic carbocycles. The first kappa shape index (κ1) is 22.2. The van der Waals surface area contributed by atoms with E-state index in [4.69, 9.17) is 5.73 Å². The molecule has 8 nitrogen and oxygen atoms in total. The van der Waals surface area contributed by atoms with Crippen LogP contribution in [0.4, 0.5) is 5.69 Å². The van der Waals surface area contributed by atoms with E-state index < -0.39 is 10.0 Å². The van der Waals surface area contributed by atoms with Crippen LogP contribution in [-0.2, 0) is 14.8 Å². The number of piperidine rings is 1. The van der Waals surface area contributed by atoms with Crippen LogP contribution in [0.1, 0.15) is 23.2 Å². The molecule has 0 aromatic heterocycles. The normalized spacial score (nSPS) is 17.2. The van der Waals surface area contributed by atoms with Crippen molar-refractivity contribution >= 4 is 39.9 Å². The zero-order valence-corrected chi connectivity index (χ0v) is 16.2. The highest BCUT2D eigenvalue weighted by molar-refractivity contribution is 7.92. The van der Waals surface area contributed by atoms with Crippen LogP contribution in [0.5, 0.6) is 0 Å². The van der Waals surface area contributed by atoms with E-state index in [-0.39, 0.29) is 41.4 Å². The first-order valence-corrected chi connectivity index (χ1v) is 10.0. The highest BCUT2D eigenvalue weighted by Crippen LogP contribution is 2.23. The summed E-state index contributed by atoms with van der Waals surface area (Å²) in [5.41, 5.74) is 5.90. The molecule has 1 fully saturated rings. The molecule has 0 spiro atoms. The molecule has 4 N–H and O–H groups in total. The average Bonchev–Trinajstić information content (AvgIpc) is 2.58. The number of halogens is 1. The third kappa shape index (κ3) is 6.15. The molecule has 1 aliphatic rings. The van der Waals surface area contributed by atoms with Gasteiger partial charge in [-0.25, -0.2) is 8.42 Å². The summed E-state index contributed by atoms with van der Waals surface area (Å²) in [6.07, 6.45) is 2.46. The fourth-order valence-electron chi connectivity index (χ4n) is 2.84. The first-order valence-electron chi connectivity index (χ1n) is 8.15. The van der Waals surface area contributed by atoms with Crippen LogP contribution in [0.3, 0.4) is 0 Å². The number of para-hydroxylation sites is 1. The van der Waals surface area contributed by atoms with Crippen LogP contribution >= 0.6 is 12.4 Å². The molecule has 2 amide bonds. The van der Waals surface area contributed by atoms with Gasteiger partial charge in [-0.1, -0.05) is 12.1 Å². The Bertz CT molecular complexity index is 742. The lowest BCUT2D eigenvalue weighted by Crippen LogP contribution is -2.46. The molecule has 0 bridgehead atoms. The van der Waals surface area contributed by atoms with Gasteiger partial charge in [0.25, 0.3) is 5.91 Å². The van der Waals surface area contributed by atoms with Gasteiger partial charge in [-0.2, -0.15) is 0 Å². The van der Waals surface area contributed by atoms with Crippen LogP contribution < -0.4 is 15.8 Å². The summed E-state index contributed by atoms with van der Waals surface area (Å²) in [5, 5.41) is 2.75. The first-order chi connectivity index (χ1) is 11.8. The second kappa shape index (κ2) is 9.75. The monoisotopic (exact) mass is 404 g/mol. The minimum absolute atomic E-state index is 0. The number of nitrogens with zero attached hydrogens (tertiary/aromatic N) is 1. The Hall–Kier alpha value is -1.84. The molecule has 1 unspecified atom stereocenters. The van der Waals surface area contributed by atoms with Gasteiger partial charge >= 0.3 is 0 Å². The van der Waals surface area contributed by atoms with E-state index in [1.54, 1.807) is 29.2 Å². The molecular weight excluding hydrogens is 380 g/mol. The van der Waals surface area contributed by atoms with Crippen molar-refractivity contribution in [3.8, 4) is 0 Å². The van der Waals surface area contributed by atoms with E-state index in [9.17, 15) is 18.0 Å². The zero-order valence-electron chi connectivity index (χ0n) is 14.6. The summed E-state index contributed by atoms with van der Waals surface area (Å²) < 4.78 is 25.4. The third-order valence-electron chi connectivity index (χ3n) is 3.98. The van der Waals surface area contributed by atoms with Gasteiger partial charge < -0.3 is 16.0 Å². The Labute approximate surface area is 160 Å². The smallest absolute Gasteiger partial charge is 0.256 e. The molecule has 1 heterocycles. The maximum absolute atomic E-state index is 12.8. The Morgan fingerprint density at radius 2 is 2.00 bits per heavy atom. The van der Waals surface area contributed by atoms with E-state index in [0.29, 0.717) is 39.0 Å². The Kier molecular flexibility index (Phi) is 8.32. The zero-order chi connectivity index (χ0) is 18.4. The maximum Gasteiger partial charge on any atom is 0.256 e. The third-order valence-corrected chi connectivity index (χ3v) is 4.57. The Morgan fingerprint density at radius 1 is 1.31 bits per heavy atom. The molecule has 1 aromatic rings. The van der Waals surface area contributed by atoms with Crippen LogP contribution in [0.25, 0.3) is 0 Å². The number of hydrogen-bond acceptors (Lipinski definition) is 5. The number of carbonyl (C=O) groups excluding carboxylic acids is 2. The van der Waals surface area contributed by atoms with Crippen molar-refractivity contribution in [3.63, 3.8) is 0 Å².